The summed E-state index contributed by atoms with van der Waals surface area (Å²) < 4.78 is 0. The number of carbonyl (C=O) groups excluding carboxylic acids is 1. The molecule has 0 bridgehead atoms. The van der Waals surface area contributed by atoms with Crippen LogP contribution in [0.2, 0.25) is 0 Å². The molecule has 1 aromatic carbocycles. The van der Waals surface area contributed by atoms with Gasteiger partial charge < -0.3 is 11.1 Å². The van der Waals surface area contributed by atoms with E-state index in [9.17, 15) is 4.79 Å². The van der Waals surface area contributed by atoms with E-state index < -0.39 is 0 Å². The van der Waals surface area contributed by atoms with Gasteiger partial charge in [-0.1, -0.05) is 29.8 Å². The molecule has 3 nitrogen and oxygen atoms in total. The second-order valence-electron chi connectivity index (χ2n) is 5.38. The fourth-order valence-corrected chi connectivity index (χ4v) is 3.22. The molecule has 0 amide bonds. The molecule has 1 fully saturated rings. The Labute approximate surface area is 122 Å². The molecule has 1 aromatic heterocycles. The Bertz CT molecular complexity index is 644. The number of Topliss-reactive ketones (excluding diaryl/α,β-unsaturated/α-hetero) is 1. The van der Waals surface area contributed by atoms with Gasteiger partial charge in [0.15, 0.2) is 5.78 Å². The summed E-state index contributed by atoms with van der Waals surface area (Å²) in [6.07, 6.45) is 2.03. The molecule has 3 rings (SSSR count). The van der Waals surface area contributed by atoms with Gasteiger partial charge in [0.1, 0.15) is 0 Å². The van der Waals surface area contributed by atoms with E-state index in [1.807, 2.05) is 6.07 Å². The van der Waals surface area contributed by atoms with Gasteiger partial charge in [0.25, 0.3) is 0 Å². The normalized spacial score (nSPS) is 14.2. The van der Waals surface area contributed by atoms with Gasteiger partial charge in [-0.25, -0.2) is 0 Å². The number of nitrogens with two attached hydrogens (primary N) is 1. The molecular formula is C16H18N2OS. The summed E-state index contributed by atoms with van der Waals surface area (Å²) in [5.74, 6) is 0.441. The highest BCUT2D eigenvalue weighted by atomic mass is 32.1. The Morgan fingerprint density at radius 2 is 2.20 bits per heavy atom. The van der Waals surface area contributed by atoms with Crippen LogP contribution >= 0.6 is 11.3 Å². The average Bonchev–Trinajstić information content (AvgIpc) is 3.20. The van der Waals surface area contributed by atoms with Crippen LogP contribution in [0.3, 0.4) is 0 Å². The van der Waals surface area contributed by atoms with E-state index in [1.54, 1.807) is 0 Å². The Hall–Kier alpha value is -1.81. The van der Waals surface area contributed by atoms with Crippen molar-refractivity contribution in [2.75, 3.05) is 11.1 Å². The van der Waals surface area contributed by atoms with Crippen LogP contribution in [-0.4, -0.2) is 5.78 Å². The molecule has 0 atom stereocenters. The summed E-state index contributed by atoms with van der Waals surface area (Å²) in [4.78, 5) is 12.8. The van der Waals surface area contributed by atoms with Crippen LogP contribution < -0.4 is 11.1 Å². The third-order valence-electron chi connectivity index (χ3n) is 3.48. The molecule has 2 aromatic rings. The maximum absolute atomic E-state index is 12.1. The molecule has 0 saturated heterocycles. The molecule has 104 valence electrons. The van der Waals surface area contributed by atoms with Crippen LogP contribution in [0.5, 0.6) is 0 Å². The number of anilines is 2. The molecule has 1 aliphatic rings. The largest absolute Gasteiger partial charge is 0.397 e. The van der Waals surface area contributed by atoms with Gasteiger partial charge in [-0.05, 0) is 31.4 Å². The zero-order valence-electron chi connectivity index (χ0n) is 11.5. The third kappa shape index (κ3) is 2.85. The SMILES string of the molecule is Cc1cccc(CNc2cc(N)c(C(=O)C3CC3)s2)c1. The van der Waals surface area contributed by atoms with Crippen molar-refractivity contribution in [2.24, 2.45) is 5.92 Å². The molecule has 1 saturated carbocycles. The number of nitrogen functional groups attached to an aromatic ring is 1. The number of rotatable bonds is 5. The monoisotopic (exact) mass is 286 g/mol. The van der Waals surface area contributed by atoms with Gasteiger partial charge in [0.2, 0.25) is 0 Å². The van der Waals surface area contributed by atoms with Gasteiger partial charge >= 0.3 is 0 Å². The minimum absolute atomic E-state index is 0.219. The number of hydrogen-bond acceptors (Lipinski definition) is 4. The quantitative estimate of drug-likeness (QED) is 0.821. The summed E-state index contributed by atoms with van der Waals surface area (Å²) >= 11 is 1.47. The maximum atomic E-state index is 12.1. The Balaban J connectivity index is 1.69. The number of nitrogens with one attached hydrogen (secondary N) is 1. The van der Waals surface area contributed by atoms with E-state index in [1.165, 1.54) is 22.5 Å². The summed E-state index contributed by atoms with van der Waals surface area (Å²) in [5, 5.41) is 4.32. The molecule has 0 unspecified atom stereocenters. The molecule has 0 radical (unpaired) electrons. The lowest BCUT2D eigenvalue weighted by Crippen LogP contribution is -2.01. The summed E-state index contributed by atoms with van der Waals surface area (Å²) in [6.45, 7) is 2.83. The highest BCUT2D eigenvalue weighted by Crippen LogP contribution is 2.38. The van der Waals surface area contributed by atoms with Gasteiger partial charge in [-0.3, -0.25) is 4.79 Å². The lowest BCUT2D eigenvalue weighted by Gasteiger charge is -2.04. The minimum Gasteiger partial charge on any atom is -0.397 e. The number of thiophene rings is 1. The van der Waals surface area contributed by atoms with E-state index in [2.05, 4.69) is 36.5 Å². The zero-order valence-corrected chi connectivity index (χ0v) is 12.3. The molecular weight excluding hydrogens is 268 g/mol. The minimum atomic E-state index is 0.219. The van der Waals surface area contributed by atoms with Crippen molar-refractivity contribution in [2.45, 2.75) is 26.3 Å². The summed E-state index contributed by atoms with van der Waals surface area (Å²) in [6, 6.07) is 10.2. The predicted octanol–water partition coefficient (Wildman–Crippen LogP) is 3.84. The van der Waals surface area contributed by atoms with Crippen molar-refractivity contribution in [3.8, 4) is 0 Å². The summed E-state index contributed by atoms with van der Waals surface area (Å²) in [5.41, 5.74) is 9.04. The lowest BCUT2D eigenvalue weighted by molar-refractivity contribution is 0.0972. The van der Waals surface area contributed by atoms with Crippen LogP contribution in [0.1, 0.15) is 33.6 Å². The zero-order chi connectivity index (χ0) is 14.1. The highest BCUT2D eigenvalue weighted by molar-refractivity contribution is 7.18. The number of aryl methyl sites for hydroxylation is 1. The highest BCUT2D eigenvalue weighted by Gasteiger charge is 2.32. The molecule has 0 aliphatic heterocycles. The molecule has 3 N–H and O–H groups in total. The van der Waals surface area contributed by atoms with E-state index >= 15 is 0 Å². The van der Waals surface area contributed by atoms with Crippen LogP contribution in [0.4, 0.5) is 10.7 Å². The fraction of sp³-hybridized carbons (Fsp3) is 0.312. The second kappa shape index (κ2) is 5.29. The van der Waals surface area contributed by atoms with Crippen molar-refractivity contribution in [1.82, 2.24) is 0 Å². The topological polar surface area (TPSA) is 55.1 Å². The number of ketones is 1. The first-order chi connectivity index (χ1) is 9.63. The number of hydrogen-bond donors (Lipinski definition) is 2. The maximum Gasteiger partial charge on any atom is 0.178 e. The lowest BCUT2D eigenvalue weighted by atomic mass is 10.1. The van der Waals surface area contributed by atoms with Crippen molar-refractivity contribution in [3.63, 3.8) is 0 Å². The van der Waals surface area contributed by atoms with E-state index in [4.69, 9.17) is 5.73 Å². The van der Waals surface area contributed by atoms with Crippen LogP contribution in [0.15, 0.2) is 30.3 Å². The van der Waals surface area contributed by atoms with Crippen molar-refractivity contribution in [1.29, 1.82) is 0 Å². The fourth-order valence-electron chi connectivity index (χ4n) is 2.23. The smallest absolute Gasteiger partial charge is 0.178 e. The molecule has 0 spiro atoms. The Morgan fingerprint density at radius 3 is 2.90 bits per heavy atom. The molecule has 1 heterocycles. The molecule has 1 aliphatic carbocycles. The molecule has 20 heavy (non-hydrogen) atoms. The van der Waals surface area contributed by atoms with Crippen molar-refractivity contribution >= 4 is 27.8 Å². The molecule has 4 heteroatoms. The van der Waals surface area contributed by atoms with Crippen molar-refractivity contribution < 1.29 is 4.79 Å². The van der Waals surface area contributed by atoms with E-state index in [0.29, 0.717) is 5.69 Å². The number of carbonyl (C=O) groups is 1. The third-order valence-corrected chi connectivity index (χ3v) is 4.61. The Kier molecular flexibility index (Phi) is 3.49. The van der Waals surface area contributed by atoms with E-state index in [0.717, 1.165) is 29.3 Å². The van der Waals surface area contributed by atoms with Crippen molar-refractivity contribution in [3.05, 3.63) is 46.3 Å². The average molecular weight is 286 g/mol. The Morgan fingerprint density at radius 1 is 1.40 bits per heavy atom. The first-order valence-corrected chi connectivity index (χ1v) is 7.68. The first kappa shape index (κ1) is 13.2. The van der Waals surface area contributed by atoms with E-state index in [-0.39, 0.29) is 11.7 Å². The van der Waals surface area contributed by atoms with Gasteiger partial charge in [-0.2, -0.15) is 0 Å². The second-order valence-corrected chi connectivity index (χ2v) is 6.43. The van der Waals surface area contributed by atoms with Crippen LogP contribution in [-0.2, 0) is 6.54 Å². The van der Waals surface area contributed by atoms with Gasteiger partial charge in [0.05, 0.1) is 15.6 Å². The predicted molar refractivity (Wildman–Crippen MR) is 84.3 cm³/mol. The number of benzene rings is 1. The van der Waals surface area contributed by atoms with Gasteiger partial charge in [0, 0.05) is 12.5 Å². The standard InChI is InChI=1S/C16H18N2OS/c1-10-3-2-4-11(7-10)9-18-14-8-13(17)16(20-14)15(19)12-5-6-12/h2-4,7-8,12,18H,5-6,9,17H2,1H3. The summed E-state index contributed by atoms with van der Waals surface area (Å²) in [7, 11) is 0. The first-order valence-electron chi connectivity index (χ1n) is 6.86. The van der Waals surface area contributed by atoms with Crippen LogP contribution in [0, 0.1) is 12.8 Å². The van der Waals surface area contributed by atoms with Gasteiger partial charge in [-0.15, -0.1) is 11.3 Å². The van der Waals surface area contributed by atoms with Crippen LogP contribution in [0.25, 0.3) is 0 Å².